The summed E-state index contributed by atoms with van der Waals surface area (Å²) in [6.45, 7) is 0. The third kappa shape index (κ3) is 3.83. The van der Waals surface area contributed by atoms with E-state index in [-0.39, 0.29) is 11.1 Å². The minimum Gasteiger partial charge on any atom is -0.465 e. The lowest BCUT2D eigenvalue weighted by atomic mass is 10.1. The fraction of sp³-hybridized carbons (Fsp3) is 0.267. The van der Waals surface area contributed by atoms with Gasteiger partial charge in [-0.3, -0.25) is 4.79 Å². The number of benzene rings is 1. The van der Waals surface area contributed by atoms with Crippen molar-refractivity contribution in [2.24, 2.45) is 0 Å². The summed E-state index contributed by atoms with van der Waals surface area (Å²) in [5, 5.41) is 14.6. The highest BCUT2D eigenvalue weighted by Gasteiger charge is 2.20. The van der Waals surface area contributed by atoms with Crippen molar-refractivity contribution in [3.8, 4) is 6.07 Å². The van der Waals surface area contributed by atoms with E-state index in [2.05, 4.69) is 15.4 Å². The first kappa shape index (κ1) is 14.6. The molecule has 0 aromatic heterocycles. The van der Waals surface area contributed by atoms with Crippen molar-refractivity contribution >= 4 is 17.6 Å². The molecule has 1 aromatic carbocycles. The molecule has 0 radical (unpaired) electrons. The Balaban J connectivity index is 2.13. The lowest BCUT2D eigenvalue weighted by molar-refractivity contribution is -0.112. The van der Waals surface area contributed by atoms with Crippen LogP contribution in [0.1, 0.15) is 23.2 Å². The molecule has 0 saturated heterocycles. The highest BCUT2D eigenvalue weighted by atomic mass is 16.5. The quantitative estimate of drug-likeness (QED) is 0.487. The topological polar surface area (TPSA) is 91.2 Å². The van der Waals surface area contributed by atoms with Gasteiger partial charge in [0, 0.05) is 12.2 Å². The maximum atomic E-state index is 12.0. The van der Waals surface area contributed by atoms with Crippen LogP contribution in [0.15, 0.2) is 36.0 Å². The van der Waals surface area contributed by atoms with Gasteiger partial charge in [0.2, 0.25) is 0 Å². The molecule has 108 valence electrons. The number of amides is 1. The molecule has 0 heterocycles. The Morgan fingerprint density at radius 2 is 2.10 bits per heavy atom. The average molecular weight is 285 g/mol. The van der Waals surface area contributed by atoms with Crippen LogP contribution in [0.4, 0.5) is 5.69 Å². The smallest absolute Gasteiger partial charge is 0.339 e. The van der Waals surface area contributed by atoms with E-state index in [1.165, 1.54) is 13.3 Å². The maximum absolute atomic E-state index is 12.0. The molecule has 0 bridgehead atoms. The Bertz CT molecular complexity index is 627. The highest BCUT2D eigenvalue weighted by molar-refractivity contribution is 6.09. The van der Waals surface area contributed by atoms with Gasteiger partial charge in [-0.05, 0) is 25.0 Å². The van der Waals surface area contributed by atoms with E-state index in [0.717, 1.165) is 12.8 Å². The predicted octanol–water partition coefficient (Wildman–Crippen LogP) is 1.57. The molecule has 0 atom stereocenters. The lowest BCUT2D eigenvalue weighted by Crippen LogP contribution is -2.19. The van der Waals surface area contributed by atoms with Crippen LogP contribution in [-0.2, 0) is 9.53 Å². The zero-order chi connectivity index (χ0) is 15.2. The van der Waals surface area contributed by atoms with Gasteiger partial charge in [0.05, 0.1) is 18.4 Å². The molecule has 6 heteroatoms. The molecular formula is C15H15N3O3. The Labute approximate surface area is 122 Å². The number of carbonyl (C=O) groups excluding carboxylic acids is 2. The second kappa shape index (κ2) is 6.57. The van der Waals surface area contributed by atoms with Gasteiger partial charge in [-0.2, -0.15) is 5.26 Å². The molecule has 6 nitrogen and oxygen atoms in total. The van der Waals surface area contributed by atoms with Gasteiger partial charge in [-0.15, -0.1) is 0 Å². The number of esters is 1. The van der Waals surface area contributed by atoms with Crippen LogP contribution < -0.4 is 10.6 Å². The van der Waals surface area contributed by atoms with Gasteiger partial charge < -0.3 is 15.4 Å². The van der Waals surface area contributed by atoms with Crippen LogP contribution in [0.5, 0.6) is 0 Å². The number of carbonyl (C=O) groups is 2. The molecule has 0 aliphatic heterocycles. The van der Waals surface area contributed by atoms with E-state index in [0.29, 0.717) is 11.7 Å². The molecule has 0 unspecified atom stereocenters. The Morgan fingerprint density at radius 3 is 2.71 bits per heavy atom. The summed E-state index contributed by atoms with van der Waals surface area (Å²) in [6, 6.07) is 8.65. The van der Waals surface area contributed by atoms with Crippen molar-refractivity contribution in [3.05, 3.63) is 41.6 Å². The standard InChI is InChI=1S/C15H15N3O3/c1-21-15(20)12-4-2-3-5-13(12)18-14(19)10(8-16)9-17-11-6-7-11/h2-5,9,11,17H,6-7H2,1H3,(H,18,19)/b10-9-. The maximum Gasteiger partial charge on any atom is 0.339 e. The van der Waals surface area contributed by atoms with Crippen molar-refractivity contribution in [1.29, 1.82) is 5.26 Å². The summed E-state index contributed by atoms with van der Waals surface area (Å²) < 4.78 is 4.65. The van der Waals surface area contributed by atoms with Crippen LogP contribution in [0.2, 0.25) is 0 Å². The summed E-state index contributed by atoms with van der Waals surface area (Å²) in [5.41, 5.74) is 0.504. The first-order valence-electron chi connectivity index (χ1n) is 6.50. The molecule has 1 aromatic rings. The SMILES string of the molecule is COC(=O)c1ccccc1NC(=O)/C(C#N)=C\NC1CC1. The van der Waals surface area contributed by atoms with Crippen LogP contribution in [0.25, 0.3) is 0 Å². The molecule has 0 spiro atoms. The molecule has 1 fully saturated rings. The van der Waals surface area contributed by atoms with Crippen molar-refractivity contribution < 1.29 is 14.3 Å². The van der Waals surface area contributed by atoms with Gasteiger partial charge in [-0.1, -0.05) is 12.1 Å². The third-order valence-electron chi connectivity index (χ3n) is 2.99. The minimum atomic E-state index is -0.568. The number of ether oxygens (including phenoxy) is 1. The first-order valence-corrected chi connectivity index (χ1v) is 6.50. The Hall–Kier alpha value is -2.81. The molecular weight excluding hydrogens is 270 g/mol. The van der Waals surface area contributed by atoms with Gasteiger partial charge in [0.1, 0.15) is 11.6 Å². The minimum absolute atomic E-state index is 0.0402. The van der Waals surface area contributed by atoms with Crippen molar-refractivity contribution in [2.75, 3.05) is 12.4 Å². The zero-order valence-electron chi connectivity index (χ0n) is 11.6. The number of anilines is 1. The second-order valence-corrected chi connectivity index (χ2v) is 4.60. The number of methoxy groups -OCH3 is 1. The predicted molar refractivity (Wildman–Crippen MR) is 76.3 cm³/mol. The van der Waals surface area contributed by atoms with Gasteiger partial charge in [0.25, 0.3) is 5.91 Å². The average Bonchev–Trinajstić information content (AvgIpc) is 3.32. The number of hydrogen-bond acceptors (Lipinski definition) is 5. The molecule has 1 aliphatic carbocycles. The third-order valence-corrected chi connectivity index (χ3v) is 2.99. The second-order valence-electron chi connectivity index (χ2n) is 4.60. The summed E-state index contributed by atoms with van der Waals surface area (Å²) in [4.78, 5) is 23.7. The van der Waals surface area contributed by atoms with E-state index in [4.69, 9.17) is 5.26 Å². The van der Waals surface area contributed by atoms with Crippen LogP contribution in [0.3, 0.4) is 0 Å². The number of nitrogens with one attached hydrogen (secondary N) is 2. The van der Waals surface area contributed by atoms with E-state index < -0.39 is 11.9 Å². The number of nitrogens with zero attached hydrogens (tertiary/aromatic N) is 1. The highest BCUT2D eigenvalue weighted by Crippen LogP contribution is 2.19. The molecule has 1 aliphatic rings. The van der Waals surface area contributed by atoms with Crippen molar-refractivity contribution in [2.45, 2.75) is 18.9 Å². The Morgan fingerprint density at radius 1 is 1.38 bits per heavy atom. The summed E-state index contributed by atoms with van der Waals surface area (Å²) in [7, 11) is 1.26. The number of para-hydroxylation sites is 1. The fourth-order valence-electron chi connectivity index (χ4n) is 1.67. The molecule has 1 saturated carbocycles. The fourth-order valence-corrected chi connectivity index (χ4v) is 1.67. The van der Waals surface area contributed by atoms with Crippen LogP contribution in [0, 0.1) is 11.3 Å². The number of hydrogen-bond donors (Lipinski definition) is 2. The summed E-state index contributed by atoms with van der Waals surface area (Å²) >= 11 is 0. The van der Waals surface area contributed by atoms with E-state index in [9.17, 15) is 9.59 Å². The molecule has 2 rings (SSSR count). The van der Waals surface area contributed by atoms with Crippen LogP contribution >= 0.6 is 0 Å². The van der Waals surface area contributed by atoms with E-state index in [1.807, 2.05) is 6.07 Å². The molecule has 1 amide bonds. The lowest BCUT2D eigenvalue weighted by Gasteiger charge is -2.09. The summed E-state index contributed by atoms with van der Waals surface area (Å²) in [6.07, 6.45) is 3.50. The van der Waals surface area contributed by atoms with Crippen molar-refractivity contribution in [3.63, 3.8) is 0 Å². The zero-order valence-corrected chi connectivity index (χ0v) is 11.6. The monoisotopic (exact) mass is 285 g/mol. The Kier molecular flexibility index (Phi) is 4.57. The van der Waals surface area contributed by atoms with Gasteiger partial charge >= 0.3 is 5.97 Å². The van der Waals surface area contributed by atoms with Crippen molar-refractivity contribution in [1.82, 2.24) is 5.32 Å². The largest absolute Gasteiger partial charge is 0.465 e. The molecule has 21 heavy (non-hydrogen) atoms. The number of nitriles is 1. The number of rotatable bonds is 5. The van der Waals surface area contributed by atoms with Gasteiger partial charge in [-0.25, -0.2) is 4.79 Å². The normalized spacial score (nSPS) is 14.0. The van der Waals surface area contributed by atoms with Gasteiger partial charge in [0.15, 0.2) is 0 Å². The molecule has 2 N–H and O–H groups in total. The van der Waals surface area contributed by atoms with E-state index in [1.54, 1.807) is 24.3 Å². The van der Waals surface area contributed by atoms with Crippen LogP contribution in [-0.4, -0.2) is 25.0 Å². The first-order chi connectivity index (χ1) is 10.2. The summed E-state index contributed by atoms with van der Waals surface area (Å²) in [5.74, 6) is -1.12. The van der Waals surface area contributed by atoms with E-state index >= 15 is 0 Å².